The van der Waals surface area contributed by atoms with Gasteiger partial charge < -0.3 is 10.2 Å². The third-order valence-electron chi connectivity index (χ3n) is 3.77. The van der Waals surface area contributed by atoms with Crippen LogP contribution >= 0.6 is 0 Å². The van der Waals surface area contributed by atoms with E-state index in [2.05, 4.69) is 20.3 Å². The van der Waals surface area contributed by atoms with E-state index in [0.29, 0.717) is 17.9 Å². The van der Waals surface area contributed by atoms with E-state index in [0.717, 1.165) is 18.5 Å². The van der Waals surface area contributed by atoms with Crippen molar-refractivity contribution >= 4 is 17.6 Å². The molecule has 3 heterocycles. The van der Waals surface area contributed by atoms with Gasteiger partial charge in [-0.3, -0.25) is 9.59 Å². The number of rotatable bonds is 3. The molecule has 0 spiro atoms. The number of carbonyl (C=O) groups is 2. The van der Waals surface area contributed by atoms with Crippen molar-refractivity contribution in [2.24, 2.45) is 0 Å². The Labute approximate surface area is 133 Å². The van der Waals surface area contributed by atoms with Gasteiger partial charge in [0, 0.05) is 31.4 Å². The van der Waals surface area contributed by atoms with Crippen LogP contribution in [-0.4, -0.2) is 38.2 Å². The van der Waals surface area contributed by atoms with Crippen LogP contribution in [0.4, 0.5) is 5.82 Å². The Hall–Kier alpha value is -2.83. The van der Waals surface area contributed by atoms with Crippen molar-refractivity contribution in [3.63, 3.8) is 0 Å². The summed E-state index contributed by atoms with van der Waals surface area (Å²) >= 11 is 0. The number of likely N-dealkylation sites (tertiary alicyclic amines) is 1. The number of aromatic nitrogens is 3. The molecule has 7 nitrogen and oxygen atoms in total. The second kappa shape index (κ2) is 6.51. The van der Waals surface area contributed by atoms with E-state index >= 15 is 0 Å². The number of hydrogen-bond donors (Lipinski definition) is 1. The average molecular weight is 311 g/mol. The summed E-state index contributed by atoms with van der Waals surface area (Å²) in [5.74, 6) is 0.0726. The van der Waals surface area contributed by atoms with Crippen LogP contribution in [0.3, 0.4) is 0 Å². The van der Waals surface area contributed by atoms with Crippen LogP contribution in [0.2, 0.25) is 0 Å². The van der Waals surface area contributed by atoms with Gasteiger partial charge in [-0.25, -0.2) is 15.0 Å². The summed E-state index contributed by atoms with van der Waals surface area (Å²) in [5.41, 5.74) is 1.35. The van der Waals surface area contributed by atoms with Crippen molar-refractivity contribution in [2.75, 3.05) is 11.9 Å². The first-order valence-electron chi connectivity index (χ1n) is 7.45. The van der Waals surface area contributed by atoms with Crippen molar-refractivity contribution in [1.29, 1.82) is 0 Å². The monoisotopic (exact) mass is 311 g/mol. The highest BCUT2D eigenvalue weighted by atomic mass is 16.2. The number of nitrogens with one attached hydrogen (secondary N) is 1. The maximum Gasteiger partial charge on any atom is 0.254 e. The van der Waals surface area contributed by atoms with E-state index in [1.54, 1.807) is 18.3 Å². The molecule has 0 bridgehead atoms. The second-order valence-electron chi connectivity index (χ2n) is 5.40. The lowest BCUT2D eigenvalue weighted by atomic mass is 10.1. The summed E-state index contributed by atoms with van der Waals surface area (Å²) in [6.45, 7) is 2.09. The molecule has 7 heteroatoms. The Kier molecular flexibility index (Phi) is 4.27. The van der Waals surface area contributed by atoms with Crippen molar-refractivity contribution < 1.29 is 9.59 Å². The molecule has 0 aliphatic carbocycles. The van der Waals surface area contributed by atoms with Gasteiger partial charge in [-0.15, -0.1) is 0 Å². The van der Waals surface area contributed by atoms with Gasteiger partial charge in [0.25, 0.3) is 5.91 Å². The molecule has 1 aliphatic rings. The summed E-state index contributed by atoms with van der Waals surface area (Å²) in [5, 5.41) is 2.59. The fourth-order valence-electron chi connectivity index (χ4n) is 2.79. The molecule has 3 rings (SSSR count). The van der Waals surface area contributed by atoms with E-state index in [4.69, 9.17) is 0 Å². The van der Waals surface area contributed by atoms with Gasteiger partial charge in [-0.1, -0.05) is 0 Å². The number of amides is 2. The third kappa shape index (κ3) is 3.33. The maximum absolute atomic E-state index is 12.8. The minimum atomic E-state index is -0.220. The fraction of sp³-hybridized carbons (Fsp3) is 0.312. The van der Waals surface area contributed by atoms with E-state index < -0.39 is 0 Å². The fourth-order valence-corrected chi connectivity index (χ4v) is 2.79. The molecule has 1 N–H and O–H groups in total. The SMILES string of the molecule is CC(=O)Nc1cc(C(=O)N2CCC[C@@H]2c2ccncn2)ccn1. The Morgan fingerprint density at radius 1 is 1.26 bits per heavy atom. The molecule has 2 aromatic rings. The molecule has 0 saturated carbocycles. The molecule has 1 atom stereocenters. The van der Waals surface area contributed by atoms with Crippen LogP contribution in [0.1, 0.15) is 41.9 Å². The molecule has 118 valence electrons. The quantitative estimate of drug-likeness (QED) is 0.934. The van der Waals surface area contributed by atoms with E-state index in [1.165, 1.54) is 19.4 Å². The molecule has 0 aromatic carbocycles. The van der Waals surface area contributed by atoms with Crippen molar-refractivity contribution in [1.82, 2.24) is 19.9 Å². The summed E-state index contributed by atoms with van der Waals surface area (Å²) in [6.07, 6.45) is 6.52. The maximum atomic E-state index is 12.8. The average Bonchev–Trinajstić information content (AvgIpc) is 3.04. The van der Waals surface area contributed by atoms with Gasteiger partial charge >= 0.3 is 0 Å². The standard InChI is InChI=1S/C16H17N5O2/c1-11(22)20-15-9-12(4-7-18-15)16(23)21-8-2-3-14(21)13-5-6-17-10-19-13/h4-7,9-10,14H,2-3,8H2,1H3,(H,18,20,22)/t14-/m1/s1. The Morgan fingerprint density at radius 2 is 2.13 bits per heavy atom. The van der Waals surface area contributed by atoms with Gasteiger partial charge in [-0.2, -0.15) is 0 Å². The van der Waals surface area contributed by atoms with Crippen LogP contribution in [0.25, 0.3) is 0 Å². The highest BCUT2D eigenvalue weighted by Gasteiger charge is 2.31. The Balaban J connectivity index is 1.83. The van der Waals surface area contributed by atoms with E-state index in [1.807, 2.05) is 11.0 Å². The molecule has 1 aliphatic heterocycles. The van der Waals surface area contributed by atoms with E-state index in [9.17, 15) is 9.59 Å². The predicted molar refractivity (Wildman–Crippen MR) is 83.6 cm³/mol. The summed E-state index contributed by atoms with van der Waals surface area (Å²) in [6, 6.07) is 5.05. The zero-order valence-electron chi connectivity index (χ0n) is 12.8. The van der Waals surface area contributed by atoms with E-state index in [-0.39, 0.29) is 17.9 Å². The first-order valence-corrected chi connectivity index (χ1v) is 7.45. The third-order valence-corrected chi connectivity index (χ3v) is 3.77. The minimum Gasteiger partial charge on any atom is -0.330 e. The number of anilines is 1. The van der Waals surface area contributed by atoms with Crippen LogP contribution in [-0.2, 0) is 4.79 Å². The van der Waals surface area contributed by atoms with Crippen LogP contribution in [0, 0.1) is 0 Å². The molecule has 0 radical (unpaired) electrons. The zero-order chi connectivity index (χ0) is 16.2. The minimum absolute atomic E-state index is 0.0390. The van der Waals surface area contributed by atoms with Crippen LogP contribution in [0.15, 0.2) is 36.9 Å². The highest BCUT2D eigenvalue weighted by molar-refractivity contribution is 5.96. The predicted octanol–water partition coefficient (Wildman–Crippen LogP) is 1.81. The topological polar surface area (TPSA) is 88.1 Å². The molecule has 1 fully saturated rings. The lowest BCUT2D eigenvalue weighted by Crippen LogP contribution is -2.31. The summed E-state index contributed by atoms with van der Waals surface area (Å²) < 4.78 is 0. The lowest BCUT2D eigenvalue weighted by Gasteiger charge is -2.24. The first kappa shape index (κ1) is 15.1. The first-order chi connectivity index (χ1) is 11.1. The van der Waals surface area contributed by atoms with Gasteiger partial charge in [-0.05, 0) is 31.0 Å². The second-order valence-corrected chi connectivity index (χ2v) is 5.40. The van der Waals surface area contributed by atoms with Crippen molar-refractivity contribution in [3.8, 4) is 0 Å². The molecule has 0 unspecified atom stereocenters. The molecule has 1 saturated heterocycles. The van der Waals surface area contributed by atoms with Gasteiger partial charge in [0.05, 0.1) is 11.7 Å². The number of nitrogens with zero attached hydrogens (tertiary/aromatic N) is 4. The van der Waals surface area contributed by atoms with Gasteiger partial charge in [0.2, 0.25) is 5.91 Å². The van der Waals surface area contributed by atoms with Crippen molar-refractivity contribution in [3.05, 3.63) is 48.2 Å². The Morgan fingerprint density at radius 3 is 2.87 bits per heavy atom. The van der Waals surface area contributed by atoms with Gasteiger partial charge in [0.1, 0.15) is 12.1 Å². The van der Waals surface area contributed by atoms with Crippen molar-refractivity contribution in [2.45, 2.75) is 25.8 Å². The number of pyridine rings is 1. The molecule has 23 heavy (non-hydrogen) atoms. The Bertz CT molecular complexity index is 719. The summed E-state index contributed by atoms with van der Waals surface area (Å²) in [7, 11) is 0. The molecular weight excluding hydrogens is 294 g/mol. The number of hydrogen-bond acceptors (Lipinski definition) is 5. The van der Waals surface area contributed by atoms with Crippen LogP contribution in [0.5, 0.6) is 0 Å². The van der Waals surface area contributed by atoms with Gasteiger partial charge in [0.15, 0.2) is 0 Å². The normalized spacial score (nSPS) is 17.1. The smallest absolute Gasteiger partial charge is 0.254 e. The zero-order valence-corrected chi connectivity index (χ0v) is 12.8. The highest BCUT2D eigenvalue weighted by Crippen LogP contribution is 2.31. The summed E-state index contributed by atoms with van der Waals surface area (Å²) in [4.78, 5) is 38.0. The molecule has 2 aromatic heterocycles. The largest absolute Gasteiger partial charge is 0.330 e. The molecular formula is C16H17N5O2. The van der Waals surface area contributed by atoms with Crippen LogP contribution < -0.4 is 5.32 Å². The number of carbonyl (C=O) groups excluding carboxylic acids is 2. The lowest BCUT2D eigenvalue weighted by molar-refractivity contribution is -0.114. The molecule has 2 amide bonds.